The molecule has 9 N–H and O–H groups in total. The molecule has 3 aliphatic rings. The molecule has 4 aromatic carbocycles. The Morgan fingerprint density at radius 2 is 1.26 bits per heavy atom. The molecule has 37 heteroatoms. The zero-order chi connectivity index (χ0) is 72.9. The first-order chi connectivity index (χ1) is 45.3. The van der Waals surface area contributed by atoms with Crippen LogP contribution in [0.5, 0.6) is 5.75 Å². The lowest BCUT2D eigenvalue weighted by Crippen LogP contribution is -2.42. The van der Waals surface area contributed by atoms with Crippen LogP contribution in [-0.4, -0.2) is 158 Å². The molecule has 2 heterocycles. The van der Waals surface area contributed by atoms with Crippen molar-refractivity contribution in [3.05, 3.63) is 148 Å². The topological polar surface area (TPSA) is 432 Å². The van der Waals surface area contributed by atoms with Gasteiger partial charge in [0.05, 0.1) is 45.7 Å². The first-order valence-corrected chi connectivity index (χ1v) is 39.3. The monoisotopic (exact) mass is 1490 g/mol. The Morgan fingerprint density at radius 3 is 1.84 bits per heavy atom. The molecule has 0 radical (unpaired) electrons. The Kier molecular flexibility index (Phi) is 24.4. The molecule has 1 aliphatic carbocycles. The molecule has 98 heavy (non-hydrogen) atoms. The average molecular weight is 1500 g/mol. The molecule has 4 aromatic rings. The number of nitrogens with two attached hydrogens (primary N) is 1. The zero-order valence-corrected chi connectivity index (χ0v) is 57.9. The number of ether oxygens (including phenoxy) is 2. The molecule has 0 fully saturated rings. The van der Waals surface area contributed by atoms with E-state index in [9.17, 15) is 106 Å². The highest BCUT2D eigenvalue weighted by molar-refractivity contribution is 7.91. The third kappa shape index (κ3) is 19.4. The van der Waals surface area contributed by atoms with Crippen molar-refractivity contribution in [1.82, 2.24) is 10.6 Å². The van der Waals surface area contributed by atoms with Gasteiger partial charge in [0.15, 0.2) is 43.7 Å². The van der Waals surface area contributed by atoms with Crippen LogP contribution in [0.3, 0.4) is 0 Å². The predicted molar refractivity (Wildman–Crippen MR) is 346 cm³/mol. The van der Waals surface area contributed by atoms with Gasteiger partial charge in [0.2, 0.25) is 27.5 Å². The van der Waals surface area contributed by atoms with Gasteiger partial charge in [-0.1, -0.05) is 32.1 Å². The molecule has 2 aliphatic heterocycles. The number of carbonyl (C=O) groups excluding carboxylic acids is 2. The van der Waals surface area contributed by atoms with E-state index in [0.717, 1.165) is 0 Å². The molecule has 0 saturated heterocycles. The summed E-state index contributed by atoms with van der Waals surface area (Å²) in [7, 11) is -28.6. The van der Waals surface area contributed by atoms with Crippen molar-refractivity contribution in [2.45, 2.75) is 128 Å². The number of carbonyl (C=O) groups is 3. The number of primary sulfonamides is 1. The molecular weight excluding hydrogens is 1420 g/mol. The fourth-order valence-corrected chi connectivity index (χ4v) is 15.7. The van der Waals surface area contributed by atoms with Crippen LogP contribution in [-0.2, 0) is 96.7 Å². The average Bonchev–Trinajstić information content (AvgIpc) is 1.48. The highest BCUT2D eigenvalue weighted by Crippen LogP contribution is 2.49. The minimum atomic E-state index is -5.38. The second-order valence-corrected chi connectivity index (χ2v) is 33.7. The molecule has 7 rings (SSSR count). The van der Waals surface area contributed by atoms with E-state index in [1.54, 1.807) is 24.3 Å². The van der Waals surface area contributed by atoms with Gasteiger partial charge in [-0.05, 0) is 129 Å². The minimum Gasteiger partial charge on any atom is -0.480 e. The van der Waals surface area contributed by atoms with Crippen molar-refractivity contribution in [2.24, 2.45) is 5.14 Å². The molecule has 0 saturated carbocycles. The number of hydrogen-bond donors (Lipinski definition) is 8. The van der Waals surface area contributed by atoms with Crippen molar-refractivity contribution in [3.63, 3.8) is 0 Å². The maximum Gasteiger partial charge on any atom is 0.326 e. The second kappa shape index (κ2) is 30.7. The number of nitrogens with one attached hydrogen (secondary N) is 2. The summed E-state index contributed by atoms with van der Waals surface area (Å²) in [5, 5.41) is 19.4. The largest absolute Gasteiger partial charge is 0.480 e. The van der Waals surface area contributed by atoms with Gasteiger partial charge in [0.1, 0.15) is 29.0 Å². The maximum atomic E-state index is 14.6. The number of amides is 2. The maximum absolute atomic E-state index is 14.6. The van der Waals surface area contributed by atoms with Crippen LogP contribution in [0, 0.1) is 23.3 Å². The lowest BCUT2D eigenvalue weighted by atomic mass is 9.81. The highest BCUT2D eigenvalue weighted by Gasteiger charge is 2.46. The number of sulfonamides is 1. The number of allylic oxidation sites excluding steroid dienone is 7. The minimum absolute atomic E-state index is 0.0674. The summed E-state index contributed by atoms with van der Waals surface area (Å²) in [6.07, 6.45) is 7.68. The van der Waals surface area contributed by atoms with Gasteiger partial charge in [-0.15, -0.1) is 0 Å². The van der Waals surface area contributed by atoms with Crippen molar-refractivity contribution in [3.8, 4) is 5.75 Å². The molecule has 27 nitrogen and oxygen atoms in total. The van der Waals surface area contributed by atoms with Gasteiger partial charge in [0.25, 0.3) is 40.5 Å². The van der Waals surface area contributed by atoms with Gasteiger partial charge in [-0.2, -0.15) is 38.2 Å². The summed E-state index contributed by atoms with van der Waals surface area (Å²) in [4.78, 5) is 34.6. The molecule has 0 bridgehead atoms. The van der Waals surface area contributed by atoms with Crippen LogP contribution in [0.2, 0.25) is 0 Å². The Labute approximate surface area is 564 Å². The molecule has 1 atom stereocenters. The van der Waals surface area contributed by atoms with Crippen LogP contribution >= 0.6 is 0 Å². The number of unbranched alkanes of at least 4 members (excludes halogenated alkanes) is 2. The summed E-state index contributed by atoms with van der Waals surface area (Å²) < 4.78 is 255. The summed E-state index contributed by atoms with van der Waals surface area (Å²) in [6.45, 7) is 6.82. The molecule has 0 aromatic heterocycles. The Bertz CT molecular complexity index is 4680. The van der Waals surface area contributed by atoms with E-state index in [1.807, 2.05) is 61.5 Å². The van der Waals surface area contributed by atoms with Crippen LogP contribution in [0.4, 0.5) is 28.9 Å². The number of aliphatic carboxylic acids is 1. The zero-order valence-electron chi connectivity index (χ0n) is 53.0. The van der Waals surface area contributed by atoms with Crippen molar-refractivity contribution < 1.29 is 120 Å². The lowest BCUT2D eigenvalue weighted by molar-refractivity contribution is -0.438. The number of halogens is 4. The van der Waals surface area contributed by atoms with Gasteiger partial charge < -0.3 is 30.1 Å². The number of carboxylic acid groups (broad SMARTS) is 1. The molecule has 0 spiro atoms. The smallest absolute Gasteiger partial charge is 0.326 e. The number of fused-ring (bicyclic) bond motifs is 2. The van der Waals surface area contributed by atoms with Gasteiger partial charge in [-0.25, -0.2) is 44.3 Å². The number of carboxylic acids is 1. The third-order valence-electron chi connectivity index (χ3n) is 16.4. The van der Waals surface area contributed by atoms with Crippen LogP contribution in [0.25, 0.3) is 0 Å². The number of nitrogens with zero attached hydrogens (tertiary/aromatic N) is 2. The quantitative estimate of drug-likeness (QED) is 0.00877. The van der Waals surface area contributed by atoms with E-state index in [4.69, 9.17) is 9.47 Å². The van der Waals surface area contributed by atoms with E-state index in [2.05, 4.69) is 15.8 Å². The van der Waals surface area contributed by atoms with Crippen molar-refractivity contribution in [2.75, 3.05) is 55.0 Å². The molecule has 0 unspecified atom stereocenters. The highest BCUT2D eigenvalue weighted by atomic mass is 32.2. The van der Waals surface area contributed by atoms with E-state index < -0.39 is 158 Å². The predicted octanol–water partition coefficient (Wildman–Crippen LogP) is 6.28. The molecular formula is C61H72F4N5O22S6+. The summed E-state index contributed by atoms with van der Waals surface area (Å²) >= 11 is 0. The number of rotatable bonds is 32. The van der Waals surface area contributed by atoms with Crippen LogP contribution in [0.1, 0.15) is 102 Å². The van der Waals surface area contributed by atoms with Crippen molar-refractivity contribution >= 4 is 95.2 Å². The van der Waals surface area contributed by atoms with E-state index >= 15 is 0 Å². The van der Waals surface area contributed by atoms with Crippen molar-refractivity contribution in [1.29, 1.82) is 0 Å². The van der Waals surface area contributed by atoms with Gasteiger partial charge >= 0.3 is 5.97 Å². The third-order valence-corrected chi connectivity index (χ3v) is 22.3. The summed E-state index contributed by atoms with van der Waals surface area (Å²) in [5.74, 6) is -15.4. The Morgan fingerprint density at radius 1 is 0.673 bits per heavy atom. The van der Waals surface area contributed by atoms with Gasteiger partial charge in [-0.3, -0.25) is 27.8 Å². The molecule has 536 valence electrons. The number of anilines is 1. The van der Waals surface area contributed by atoms with Crippen LogP contribution in [0.15, 0.2) is 127 Å². The fraction of sp³-hybridized carbons (Fsp3) is 0.410. The number of benzene rings is 4. The SMILES string of the molecule is CC1(C)C(/C=C/C2=C(Oc3ccc(C[C@H](NC(=O)CCOCCNC(=O)CCS(=O)(=O)c4c(F)c(F)c(S(N)(=O)=O)c(F)c4F)C(=O)O)cc3)C(=C/C=C3/N(CCCCS(=O)(=O)O)c4ccc(S(=O)(=O)O)cc4C3(C)C)/CCC2)=[N+](CCCCS(=O)(=O)O)c2ccc(S(=O)(=O)O)cc21. The fourth-order valence-electron chi connectivity index (χ4n) is 11.5. The number of hydrogen-bond acceptors (Lipinski definition) is 18. The first-order valence-electron chi connectivity index (χ1n) is 30.0. The van der Waals surface area contributed by atoms with E-state index in [0.29, 0.717) is 75.6 Å². The standard InChI is InChI=1S/C61H71F4N5O22S6/c1-60(2)43-35-41(97(85,86)87)18-20-46(43)69(27-5-7-31-94(77,78)79)48(60)22-14-38-10-9-11-39(15-23-49-61(3,4)44-36-42(98(88,89)90)19-21-47(44)70(49)28-6-8-32-95(80,81)82)56(38)92-40-16-12-37(13-17-40)34-45(59(73)74)68-51(72)24-29-91-30-26-67-50(71)25-33-93(75,76)57-52(62)54(64)58(96(66,83)84)55(65)53(57)63/h12-23,35-36,45H,5-11,24-34H2,1-4H3,(H8-,66,67,68,71,72,73,74,77,78,79,80,81,82,83,84,85,86,87,88,89,90)/p+1/t45-/m0/s1. The van der Waals surface area contributed by atoms with Crippen LogP contribution < -0.4 is 25.4 Å². The number of sulfone groups is 1. The van der Waals surface area contributed by atoms with E-state index in [1.165, 1.54) is 36.4 Å². The summed E-state index contributed by atoms with van der Waals surface area (Å²) in [6, 6.07) is 13.0. The molecule has 2 amide bonds. The summed E-state index contributed by atoms with van der Waals surface area (Å²) in [5.41, 5.74) is 3.23. The first kappa shape index (κ1) is 78.0. The Hall–Kier alpha value is -7.30. The lowest BCUT2D eigenvalue weighted by Gasteiger charge is -2.27. The normalized spacial score (nSPS) is 17.0. The second-order valence-electron chi connectivity index (χ2n) is 24.2. The van der Waals surface area contributed by atoms with E-state index in [-0.39, 0.29) is 80.5 Å². The Balaban J connectivity index is 1.11. The van der Waals surface area contributed by atoms with Gasteiger partial charge in [0, 0.05) is 73.3 Å².